The molecule has 0 spiro atoms. The van der Waals surface area contributed by atoms with Gasteiger partial charge in [-0.25, -0.2) is 0 Å². The predicted octanol–water partition coefficient (Wildman–Crippen LogP) is 3.61. The fourth-order valence-electron chi connectivity index (χ4n) is 1.83. The van der Waals surface area contributed by atoms with E-state index in [-0.39, 0.29) is 0 Å². The molecule has 0 saturated heterocycles. The highest BCUT2D eigenvalue weighted by molar-refractivity contribution is 7.99. The third-order valence-corrected chi connectivity index (χ3v) is 3.81. The number of nitrogens with zero attached hydrogens (tertiary/aromatic N) is 3. The van der Waals surface area contributed by atoms with Crippen LogP contribution < -0.4 is 0 Å². The normalized spacial score (nSPS) is 28.1. The van der Waals surface area contributed by atoms with Crippen molar-refractivity contribution in [3.8, 4) is 0 Å². The van der Waals surface area contributed by atoms with E-state index in [4.69, 9.17) is 5.53 Å². The van der Waals surface area contributed by atoms with Crippen molar-refractivity contribution in [2.24, 2.45) is 11.0 Å². The first-order valence-corrected chi connectivity index (χ1v) is 6.00. The van der Waals surface area contributed by atoms with Gasteiger partial charge in [0.1, 0.15) is 0 Å². The van der Waals surface area contributed by atoms with Gasteiger partial charge in [-0.05, 0) is 30.0 Å². The van der Waals surface area contributed by atoms with Crippen molar-refractivity contribution in [1.29, 1.82) is 0 Å². The van der Waals surface area contributed by atoms with E-state index in [1.54, 1.807) is 0 Å². The molecule has 13 heavy (non-hydrogen) atoms. The maximum Gasteiger partial charge on any atom is 0.0348 e. The first-order chi connectivity index (χ1) is 6.33. The number of hydrogen-bond donors (Lipinski definition) is 0. The minimum Gasteiger partial charge on any atom is -0.158 e. The van der Waals surface area contributed by atoms with E-state index in [2.05, 4.69) is 16.9 Å². The Balaban J connectivity index is 2.09. The monoisotopic (exact) mass is 199 g/mol. The number of azide groups is 1. The minimum absolute atomic E-state index is 0.645. The molecule has 1 aliphatic rings. The van der Waals surface area contributed by atoms with Crippen LogP contribution in [0.3, 0.4) is 0 Å². The van der Waals surface area contributed by atoms with Gasteiger partial charge < -0.3 is 0 Å². The summed E-state index contributed by atoms with van der Waals surface area (Å²) in [6.45, 7) is 2.98. The quantitative estimate of drug-likeness (QED) is 0.295. The second kappa shape index (κ2) is 6.17. The van der Waals surface area contributed by atoms with Gasteiger partial charge in [0.25, 0.3) is 0 Å². The van der Waals surface area contributed by atoms with Crippen molar-refractivity contribution in [2.45, 2.75) is 37.9 Å². The van der Waals surface area contributed by atoms with Crippen LogP contribution in [0, 0.1) is 5.92 Å². The van der Waals surface area contributed by atoms with E-state index >= 15 is 0 Å². The zero-order chi connectivity index (χ0) is 9.52. The Morgan fingerprint density at radius 3 is 3.08 bits per heavy atom. The molecule has 1 rings (SSSR count). The third kappa shape index (κ3) is 4.44. The molecule has 3 nitrogen and oxygen atoms in total. The minimum atomic E-state index is 0.645. The smallest absolute Gasteiger partial charge is 0.0348 e. The van der Waals surface area contributed by atoms with Crippen molar-refractivity contribution in [3.63, 3.8) is 0 Å². The molecule has 74 valence electrons. The summed E-state index contributed by atoms with van der Waals surface area (Å²) in [6.07, 6.45) is 5.47. The van der Waals surface area contributed by atoms with Crippen molar-refractivity contribution in [3.05, 3.63) is 10.4 Å². The van der Waals surface area contributed by atoms with E-state index in [0.717, 1.165) is 16.9 Å². The highest BCUT2D eigenvalue weighted by atomic mass is 32.2. The lowest BCUT2D eigenvalue weighted by Crippen LogP contribution is -2.15. The highest BCUT2D eigenvalue weighted by Crippen LogP contribution is 2.31. The van der Waals surface area contributed by atoms with Gasteiger partial charge in [0.15, 0.2) is 0 Å². The van der Waals surface area contributed by atoms with E-state index in [1.165, 1.54) is 25.7 Å². The van der Waals surface area contributed by atoms with Gasteiger partial charge in [-0.3, -0.25) is 0 Å². The lowest BCUT2D eigenvalue weighted by Gasteiger charge is -2.25. The van der Waals surface area contributed by atoms with Crippen molar-refractivity contribution < 1.29 is 0 Å². The van der Waals surface area contributed by atoms with E-state index < -0.39 is 0 Å². The van der Waals surface area contributed by atoms with Gasteiger partial charge in [0.2, 0.25) is 0 Å². The molecule has 0 aromatic rings. The Morgan fingerprint density at radius 1 is 1.54 bits per heavy atom. The van der Waals surface area contributed by atoms with Crippen LogP contribution in [0.1, 0.15) is 32.6 Å². The molecule has 2 unspecified atom stereocenters. The molecular formula is C9H17N3S. The summed E-state index contributed by atoms with van der Waals surface area (Å²) < 4.78 is 0. The van der Waals surface area contributed by atoms with Crippen LogP contribution in [0.15, 0.2) is 5.11 Å². The molecule has 1 fully saturated rings. The molecule has 4 heteroatoms. The van der Waals surface area contributed by atoms with Crippen molar-refractivity contribution in [1.82, 2.24) is 0 Å². The Labute approximate surface area is 83.9 Å². The van der Waals surface area contributed by atoms with E-state index in [1.807, 2.05) is 11.8 Å². The van der Waals surface area contributed by atoms with Crippen LogP contribution in [0.4, 0.5) is 0 Å². The predicted molar refractivity (Wildman–Crippen MR) is 57.9 cm³/mol. The summed E-state index contributed by atoms with van der Waals surface area (Å²) in [5, 5.41) is 4.35. The summed E-state index contributed by atoms with van der Waals surface area (Å²) >= 11 is 1.98. The van der Waals surface area contributed by atoms with Crippen molar-refractivity contribution in [2.75, 3.05) is 12.3 Å². The molecule has 0 heterocycles. The lowest BCUT2D eigenvalue weighted by atomic mass is 9.91. The first-order valence-electron chi connectivity index (χ1n) is 4.95. The molecule has 0 radical (unpaired) electrons. The van der Waals surface area contributed by atoms with Crippen LogP contribution in [0.2, 0.25) is 0 Å². The first kappa shape index (κ1) is 10.7. The molecule has 0 aromatic heterocycles. The molecule has 0 bridgehead atoms. The topological polar surface area (TPSA) is 48.8 Å². The van der Waals surface area contributed by atoms with Gasteiger partial charge >= 0.3 is 0 Å². The summed E-state index contributed by atoms with van der Waals surface area (Å²) in [6, 6.07) is 0. The Bertz CT molecular complexity index is 189. The van der Waals surface area contributed by atoms with Crippen LogP contribution in [-0.4, -0.2) is 17.5 Å². The standard InChI is InChI=1S/C9H17N3S/c1-8-3-2-4-9(7-8)13-6-5-11-12-10/h8-9H,2-7H2,1H3. The average Bonchev–Trinajstić information content (AvgIpc) is 2.13. The molecular weight excluding hydrogens is 182 g/mol. The maximum atomic E-state index is 8.09. The molecule has 2 atom stereocenters. The second-order valence-electron chi connectivity index (χ2n) is 3.72. The molecule has 0 aliphatic heterocycles. The fourth-order valence-corrected chi connectivity index (χ4v) is 3.15. The van der Waals surface area contributed by atoms with Crippen LogP contribution in [-0.2, 0) is 0 Å². The lowest BCUT2D eigenvalue weighted by molar-refractivity contribution is 0.394. The molecule has 0 aromatic carbocycles. The number of rotatable bonds is 4. The number of hydrogen-bond acceptors (Lipinski definition) is 2. The van der Waals surface area contributed by atoms with Crippen LogP contribution >= 0.6 is 11.8 Å². The zero-order valence-electron chi connectivity index (χ0n) is 8.15. The summed E-state index contributed by atoms with van der Waals surface area (Å²) in [4.78, 5) is 2.74. The van der Waals surface area contributed by atoms with Gasteiger partial charge in [-0.2, -0.15) is 11.8 Å². The SMILES string of the molecule is CC1CCCC(SCCN=[N+]=[N-])C1. The van der Waals surface area contributed by atoms with Gasteiger partial charge in [-0.1, -0.05) is 24.9 Å². The summed E-state index contributed by atoms with van der Waals surface area (Å²) in [5.41, 5.74) is 8.09. The molecule has 0 amide bonds. The largest absolute Gasteiger partial charge is 0.158 e. The molecule has 1 aliphatic carbocycles. The molecule has 1 saturated carbocycles. The fraction of sp³-hybridized carbons (Fsp3) is 1.00. The Hall–Kier alpha value is -0.340. The Kier molecular flexibility index (Phi) is 5.09. The van der Waals surface area contributed by atoms with Crippen LogP contribution in [0.25, 0.3) is 10.4 Å². The zero-order valence-corrected chi connectivity index (χ0v) is 8.96. The third-order valence-electron chi connectivity index (χ3n) is 2.50. The number of thioether (sulfide) groups is 1. The van der Waals surface area contributed by atoms with Crippen molar-refractivity contribution >= 4 is 11.8 Å². The Morgan fingerprint density at radius 2 is 2.38 bits per heavy atom. The van der Waals surface area contributed by atoms with E-state index in [0.29, 0.717) is 6.54 Å². The van der Waals surface area contributed by atoms with Crippen LogP contribution in [0.5, 0.6) is 0 Å². The average molecular weight is 199 g/mol. The van der Waals surface area contributed by atoms with Gasteiger partial charge in [0, 0.05) is 16.7 Å². The van der Waals surface area contributed by atoms with E-state index in [9.17, 15) is 0 Å². The second-order valence-corrected chi connectivity index (χ2v) is 5.13. The molecule has 0 N–H and O–H groups in total. The highest BCUT2D eigenvalue weighted by Gasteiger charge is 2.18. The summed E-state index contributed by atoms with van der Waals surface area (Å²) in [7, 11) is 0. The maximum absolute atomic E-state index is 8.09. The van der Waals surface area contributed by atoms with Gasteiger partial charge in [-0.15, -0.1) is 0 Å². The summed E-state index contributed by atoms with van der Waals surface area (Å²) in [5.74, 6) is 1.88. The van der Waals surface area contributed by atoms with Gasteiger partial charge in [0.05, 0.1) is 0 Å².